The van der Waals surface area contributed by atoms with Gasteiger partial charge in [-0.05, 0) is 56.2 Å². The Morgan fingerprint density at radius 3 is 2.53 bits per heavy atom. The highest BCUT2D eigenvalue weighted by molar-refractivity contribution is 8.00. The Labute approximate surface area is 178 Å². The Balaban J connectivity index is 1.59. The van der Waals surface area contributed by atoms with Gasteiger partial charge in [-0.1, -0.05) is 36.4 Å². The lowest BCUT2D eigenvalue weighted by Crippen LogP contribution is -2.41. The first-order valence-electron chi connectivity index (χ1n) is 9.80. The average molecular weight is 425 g/mol. The van der Waals surface area contributed by atoms with Crippen LogP contribution in [0.5, 0.6) is 0 Å². The molecule has 1 aromatic heterocycles. The van der Waals surface area contributed by atoms with E-state index < -0.39 is 17.0 Å². The summed E-state index contributed by atoms with van der Waals surface area (Å²) in [5.41, 5.74) is 1.22. The molecular formula is C22H21FN4O2S. The van der Waals surface area contributed by atoms with Crippen molar-refractivity contribution in [2.24, 2.45) is 0 Å². The summed E-state index contributed by atoms with van der Waals surface area (Å²) in [6, 6.07) is 15.0. The summed E-state index contributed by atoms with van der Waals surface area (Å²) in [6.07, 6.45) is 2.21. The van der Waals surface area contributed by atoms with Crippen LogP contribution in [0.4, 0.5) is 4.39 Å². The predicted octanol–water partition coefficient (Wildman–Crippen LogP) is 4.03. The molecule has 0 radical (unpaired) electrons. The van der Waals surface area contributed by atoms with Gasteiger partial charge in [0.2, 0.25) is 5.91 Å². The van der Waals surface area contributed by atoms with Crippen molar-refractivity contribution in [2.45, 2.75) is 36.6 Å². The Morgan fingerprint density at radius 1 is 1.07 bits per heavy atom. The maximum Gasteiger partial charge on any atom is 0.260 e. The van der Waals surface area contributed by atoms with Crippen LogP contribution in [0.15, 0.2) is 59.8 Å². The second kappa shape index (κ2) is 8.79. The first-order chi connectivity index (χ1) is 14.5. The number of aromatic nitrogens is 3. The summed E-state index contributed by atoms with van der Waals surface area (Å²) in [5.74, 6) is -0.331. The van der Waals surface area contributed by atoms with E-state index in [9.17, 15) is 14.0 Å². The van der Waals surface area contributed by atoms with E-state index in [-0.39, 0.29) is 5.91 Å². The van der Waals surface area contributed by atoms with Crippen molar-refractivity contribution >= 4 is 23.6 Å². The summed E-state index contributed by atoms with van der Waals surface area (Å²) < 4.78 is 15.1. The smallest absolute Gasteiger partial charge is 0.260 e. The molecule has 6 nitrogen and oxygen atoms in total. The van der Waals surface area contributed by atoms with Crippen LogP contribution in [-0.2, 0) is 4.79 Å². The number of carbonyl (C=O) groups excluding carboxylic acids is 2. The highest BCUT2D eigenvalue weighted by atomic mass is 32.2. The number of nitrogens with zero attached hydrogens (tertiary/aromatic N) is 4. The third-order valence-electron chi connectivity index (χ3n) is 5.03. The minimum absolute atomic E-state index is 0.243. The maximum atomic E-state index is 13.2. The second-order valence-electron chi connectivity index (χ2n) is 7.10. The number of benzene rings is 2. The van der Waals surface area contributed by atoms with Crippen LogP contribution in [0.1, 0.15) is 35.4 Å². The largest absolute Gasteiger partial charge is 0.278 e. The summed E-state index contributed by atoms with van der Waals surface area (Å²) in [5, 5.41) is 8.63. The Kier molecular flexibility index (Phi) is 5.94. The van der Waals surface area contributed by atoms with E-state index in [4.69, 9.17) is 0 Å². The van der Waals surface area contributed by atoms with Gasteiger partial charge in [0.05, 0.1) is 5.25 Å². The number of carbonyl (C=O) groups is 2. The molecule has 30 heavy (non-hydrogen) atoms. The molecule has 4 rings (SSSR count). The summed E-state index contributed by atoms with van der Waals surface area (Å²) in [6.45, 7) is 2.22. The van der Waals surface area contributed by atoms with Crippen LogP contribution < -0.4 is 0 Å². The van der Waals surface area contributed by atoms with E-state index >= 15 is 0 Å². The van der Waals surface area contributed by atoms with Gasteiger partial charge in [0, 0.05) is 17.8 Å². The molecule has 2 amide bonds. The molecule has 3 aromatic rings. The minimum atomic E-state index is -0.442. The van der Waals surface area contributed by atoms with Crippen LogP contribution in [0.25, 0.3) is 5.69 Å². The molecule has 1 saturated heterocycles. The quantitative estimate of drug-likeness (QED) is 0.592. The van der Waals surface area contributed by atoms with Crippen LogP contribution >= 0.6 is 11.8 Å². The molecular weight excluding hydrogens is 403 g/mol. The fourth-order valence-electron chi connectivity index (χ4n) is 3.49. The van der Waals surface area contributed by atoms with Crippen molar-refractivity contribution in [3.63, 3.8) is 0 Å². The third-order valence-corrected chi connectivity index (χ3v) is 6.23. The lowest BCUT2D eigenvalue weighted by molar-refractivity contribution is -0.127. The van der Waals surface area contributed by atoms with Crippen molar-refractivity contribution in [3.8, 4) is 5.69 Å². The minimum Gasteiger partial charge on any atom is -0.278 e. The number of hydrogen-bond acceptors (Lipinski definition) is 5. The molecule has 1 aliphatic heterocycles. The number of rotatable bonds is 4. The molecule has 1 aliphatic rings. The van der Waals surface area contributed by atoms with Crippen molar-refractivity contribution in [2.75, 3.05) is 6.54 Å². The molecule has 0 N–H and O–H groups in total. The maximum absolute atomic E-state index is 13.2. The van der Waals surface area contributed by atoms with Crippen LogP contribution in [0.2, 0.25) is 0 Å². The van der Waals surface area contributed by atoms with E-state index in [2.05, 4.69) is 10.2 Å². The molecule has 154 valence electrons. The SMILES string of the molecule is Cc1nnc(SC2CCCCN(C(=O)c3ccc(F)cc3)C2=O)n1-c1ccccc1. The highest BCUT2D eigenvalue weighted by Crippen LogP contribution is 2.31. The number of amides is 2. The molecule has 0 saturated carbocycles. The first-order valence-corrected chi connectivity index (χ1v) is 10.7. The standard InChI is InChI=1S/C22H21FN4O2S/c1-15-24-25-22(27(15)18-7-3-2-4-8-18)30-19-9-5-6-14-26(21(19)29)20(28)16-10-12-17(23)13-11-16/h2-4,7-8,10-13,19H,5-6,9,14H2,1H3. The molecule has 2 aromatic carbocycles. The van der Waals surface area contributed by atoms with Gasteiger partial charge in [0.15, 0.2) is 5.16 Å². The summed E-state index contributed by atoms with van der Waals surface area (Å²) in [4.78, 5) is 27.4. The number of likely N-dealkylation sites (tertiary alicyclic amines) is 1. The van der Waals surface area contributed by atoms with E-state index in [0.29, 0.717) is 23.7 Å². The molecule has 2 heterocycles. The van der Waals surface area contributed by atoms with Crippen molar-refractivity contribution in [1.29, 1.82) is 0 Å². The van der Waals surface area contributed by atoms with Gasteiger partial charge in [-0.3, -0.25) is 19.1 Å². The number of aryl methyl sites for hydroxylation is 1. The van der Waals surface area contributed by atoms with Crippen LogP contribution in [0.3, 0.4) is 0 Å². The number of thioether (sulfide) groups is 1. The molecule has 1 atom stereocenters. The summed E-state index contributed by atoms with van der Waals surface area (Å²) in [7, 11) is 0. The highest BCUT2D eigenvalue weighted by Gasteiger charge is 2.33. The van der Waals surface area contributed by atoms with Gasteiger partial charge in [0.25, 0.3) is 5.91 Å². The topological polar surface area (TPSA) is 68.1 Å². The number of para-hydroxylation sites is 1. The van der Waals surface area contributed by atoms with Crippen molar-refractivity contribution in [1.82, 2.24) is 19.7 Å². The monoisotopic (exact) mass is 424 g/mol. The number of hydrogen-bond donors (Lipinski definition) is 0. The molecule has 8 heteroatoms. The van der Waals surface area contributed by atoms with Gasteiger partial charge < -0.3 is 0 Å². The van der Waals surface area contributed by atoms with Gasteiger partial charge in [-0.15, -0.1) is 10.2 Å². The zero-order chi connectivity index (χ0) is 21.1. The van der Waals surface area contributed by atoms with Crippen molar-refractivity contribution < 1.29 is 14.0 Å². The number of halogens is 1. The third kappa shape index (κ3) is 4.14. The molecule has 1 unspecified atom stereocenters. The van der Waals surface area contributed by atoms with Gasteiger partial charge in [-0.25, -0.2) is 4.39 Å². The van der Waals surface area contributed by atoms with Gasteiger partial charge in [0.1, 0.15) is 11.6 Å². The molecule has 0 aliphatic carbocycles. The fourth-order valence-corrected chi connectivity index (χ4v) is 4.69. The van der Waals surface area contributed by atoms with E-state index in [1.165, 1.54) is 40.9 Å². The Morgan fingerprint density at radius 2 is 1.80 bits per heavy atom. The van der Waals surface area contributed by atoms with Crippen LogP contribution in [0, 0.1) is 12.7 Å². The second-order valence-corrected chi connectivity index (χ2v) is 8.27. The lowest BCUT2D eigenvalue weighted by Gasteiger charge is -2.22. The Hall–Kier alpha value is -3.00. The van der Waals surface area contributed by atoms with Crippen LogP contribution in [-0.4, -0.2) is 43.3 Å². The normalized spacial score (nSPS) is 17.1. The zero-order valence-electron chi connectivity index (χ0n) is 16.5. The van der Waals surface area contributed by atoms with E-state index in [1.54, 1.807) is 0 Å². The molecule has 0 spiro atoms. The zero-order valence-corrected chi connectivity index (χ0v) is 17.3. The fraction of sp³-hybridized carbons (Fsp3) is 0.273. The lowest BCUT2D eigenvalue weighted by atomic mass is 10.2. The van der Waals surface area contributed by atoms with Crippen molar-refractivity contribution in [3.05, 3.63) is 71.8 Å². The van der Waals surface area contributed by atoms with E-state index in [0.717, 1.165) is 24.4 Å². The van der Waals surface area contributed by atoms with Gasteiger partial charge in [-0.2, -0.15) is 0 Å². The summed E-state index contributed by atoms with van der Waals surface area (Å²) >= 11 is 1.33. The molecule has 1 fully saturated rings. The first kappa shape index (κ1) is 20.3. The predicted molar refractivity (Wildman–Crippen MR) is 112 cm³/mol. The molecule has 0 bridgehead atoms. The Bertz CT molecular complexity index is 1050. The van der Waals surface area contributed by atoms with Gasteiger partial charge >= 0.3 is 0 Å². The van der Waals surface area contributed by atoms with E-state index in [1.807, 2.05) is 41.8 Å². The average Bonchev–Trinajstić information content (AvgIpc) is 3.02. The number of imide groups is 1.